The van der Waals surface area contributed by atoms with Crippen LogP contribution in [-0.2, 0) is 6.54 Å². The average molecular weight is 268 g/mol. The minimum Gasteiger partial charge on any atom is -0.363 e. The fourth-order valence-corrected chi connectivity index (χ4v) is 2.10. The predicted octanol–water partition coefficient (Wildman–Crippen LogP) is 2.54. The number of hydrogen-bond acceptors (Lipinski definition) is 2. The molecule has 5 heteroatoms. The van der Waals surface area contributed by atoms with Crippen LogP contribution in [0.15, 0.2) is 6.20 Å². The molecule has 4 nitrogen and oxygen atoms in total. The molecular formula is C13H24N4S. The first-order chi connectivity index (χ1) is 8.58. The second-order valence-electron chi connectivity index (χ2n) is 4.50. The summed E-state index contributed by atoms with van der Waals surface area (Å²) in [6, 6.07) is 0.187. The van der Waals surface area contributed by atoms with Gasteiger partial charge in [0.25, 0.3) is 0 Å². The summed E-state index contributed by atoms with van der Waals surface area (Å²) in [5.41, 5.74) is 2.27. The van der Waals surface area contributed by atoms with E-state index in [2.05, 4.69) is 42.7 Å². The van der Waals surface area contributed by atoms with Gasteiger partial charge in [0.15, 0.2) is 5.11 Å². The lowest BCUT2D eigenvalue weighted by molar-refractivity contribution is 0.650. The molecule has 1 rings (SSSR count). The summed E-state index contributed by atoms with van der Waals surface area (Å²) in [6.45, 7) is 10.2. The van der Waals surface area contributed by atoms with Crippen molar-refractivity contribution in [3.05, 3.63) is 17.5 Å². The van der Waals surface area contributed by atoms with Gasteiger partial charge in [-0.2, -0.15) is 5.10 Å². The molecule has 18 heavy (non-hydrogen) atoms. The fourth-order valence-electron chi connectivity index (χ4n) is 1.82. The monoisotopic (exact) mass is 268 g/mol. The van der Waals surface area contributed by atoms with Crippen molar-refractivity contribution in [1.29, 1.82) is 0 Å². The van der Waals surface area contributed by atoms with E-state index in [1.807, 2.05) is 11.6 Å². The zero-order valence-electron chi connectivity index (χ0n) is 11.8. The maximum absolute atomic E-state index is 5.27. The quantitative estimate of drug-likeness (QED) is 0.614. The molecule has 0 fully saturated rings. The molecule has 0 saturated carbocycles. The van der Waals surface area contributed by atoms with Crippen LogP contribution in [0, 0.1) is 6.92 Å². The summed E-state index contributed by atoms with van der Waals surface area (Å²) < 4.78 is 1.95. The summed E-state index contributed by atoms with van der Waals surface area (Å²) in [4.78, 5) is 0. The lowest BCUT2D eigenvalue weighted by Crippen LogP contribution is -2.37. The molecule has 0 spiro atoms. The van der Waals surface area contributed by atoms with Gasteiger partial charge in [-0.25, -0.2) is 0 Å². The Labute approximate surface area is 115 Å². The van der Waals surface area contributed by atoms with Crippen molar-refractivity contribution in [2.75, 3.05) is 6.54 Å². The van der Waals surface area contributed by atoms with Crippen molar-refractivity contribution in [1.82, 2.24) is 20.4 Å². The van der Waals surface area contributed by atoms with E-state index in [0.29, 0.717) is 0 Å². The molecule has 0 radical (unpaired) electrons. The first-order valence-corrected chi connectivity index (χ1v) is 7.07. The third-order valence-electron chi connectivity index (χ3n) is 2.94. The van der Waals surface area contributed by atoms with Crippen LogP contribution in [0.2, 0.25) is 0 Å². The molecule has 0 aliphatic rings. The Kier molecular flexibility index (Phi) is 6.12. The van der Waals surface area contributed by atoms with Gasteiger partial charge in [-0.1, -0.05) is 13.3 Å². The summed E-state index contributed by atoms with van der Waals surface area (Å²) in [7, 11) is 0. The Bertz CT molecular complexity index is 386. The average Bonchev–Trinajstić information content (AvgIpc) is 2.71. The minimum absolute atomic E-state index is 0.187. The number of rotatable bonds is 6. The molecule has 0 amide bonds. The van der Waals surface area contributed by atoms with Crippen molar-refractivity contribution >= 4 is 17.3 Å². The topological polar surface area (TPSA) is 41.9 Å². The van der Waals surface area contributed by atoms with Crippen molar-refractivity contribution in [2.24, 2.45) is 0 Å². The van der Waals surface area contributed by atoms with E-state index in [4.69, 9.17) is 12.2 Å². The SMILES string of the molecule is CCCCNC(=S)NC(C)c1cn(CC)nc1C. The predicted molar refractivity (Wildman–Crippen MR) is 79.7 cm³/mol. The van der Waals surface area contributed by atoms with E-state index in [9.17, 15) is 0 Å². The molecule has 1 atom stereocenters. The van der Waals surface area contributed by atoms with E-state index in [0.717, 1.165) is 30.3 Å². The molecule has 1 unspecified atom stereocenters. The number of unbranched alkanes of at least 4 members (excludes halogenated alkanes) is 1. The van der Waals surface area contributed by atoms with Crippen LogP contribution in [0.4, 0.5) is 0 Å². The highest BCUT2D eigenvalue weighted by molar-refractivity contribution is 7.80. The van der Waals surface area contributed by atoms with Gasteiger partial charge in [0, 0.05) is 24.8 Å². The maximum Gasteiger partial charge on any atom is 0.166 e. The normalized spacial score (nSPS) is 12.2. The summed E-state index contributed by atoms with van der Waals surface area (Å²) in [6.07, 6.45) is 4.40. The maximum atomic E-state index is 5.27. The molecule has 2 N–H and O–H groups in total. The number of nitrogens with one attached hydrogen (secondary N) is 2. The van der Waals surface area contributed by atoms with E-state index in [1.165, 1.54) is 12.0 Å². The molecule has 0 aliphatic heterocycles. The van der Waals surface area contributed by atoms with Gasteiger partial charge < -0.3 is 10.6 Å². The van der Waals surface area contributed by atoms with Gasteiger partial charge in [-0.05, 0) is 39.4 Å². The largest absolute Gasteiger partial charge is 0.363 e. The van der Waals surface area contributed by atoms with Crippen LogP contribution in [-0.4, -0.2) is 21.4 Å². The van der Waals surface area contributed by atoms with E-state index < -0.39 is 0 Å². The Morgan fingerprint density at radius 2 is 2.22 bits per heavy atom. The molecule has 0 aliphatic carbocycles. The molecule has 102 valence electrons. The van der Waals surface area contributed by atoms with Crippen LogP contribution in [0.5, 0.6) is 0 Å². The zero-order chi connectivity index (χ0) is 13.5. The standard InChI is InChI=1S/C13H24N4S/c1-5-7-8-14-13(18)15-10(3)12-9-17(6-2)16-11(12)4/h9-10H,5-8H2,1-4H3,(H2,14,15,18). The highest BCUT2D eigenvalue weighted by atomic mass is 32.1. The lowest BCUT2D eigenvalue weighted by atomic mass is 10.1. The smallest absolute Gasteiger partial charge is 0.166 e. The Morgan fingerprint density at radius 1 is 1.50 bits per heavy atom. The van der Waals surface area contributed by atoms with Crippen molar-refractivity contribution in [2.45, 2.75) is 53.1 Å². The number of thiocarbonyl (C=S) groups is 1. The van der Waals surface area contributed by atoms with Gasteiger partial charge >= 0.3 is 0 Å². The zero-order valence-corrected chi connectivity index (χ0v) is 12.6. The molecule has 1 heterocycles. The van der Waals surface area contributed by atoms with Crippen LogP contribution in [0.25, 0.3) is 0 Å². The summed E-state index contributed by atoms with van der Waals surface area (Å²) >= 11 is 5.27. The molecular weight excluding hydrogens is 244 g/mol. The van der Waals surface area contributed by atoms with Gasteiger partial charge in [-0.3, -0.25) is 4.68 Å². The van der Waals surface area contributed by atoms with Gasteiger partial charge in [0.1, 0.15) is 0 Å². The van der Waals surface area contributed by atoms with Gasteiger partial charge in [-0.15, -0.1) is 0 Å². The second-order valence-corrected chi connectivity index (χ2v) is 4.91. The van der Waals surface area contributed by atoms with Crippen molar-refractivity contribution in [3.63, 3.8) is 0 Å². The number of nitrogens with zero attached hydrogens (tertiary/aromatic N) is 2. The first-order valence-electron chi connectivity index (χ1n) is 6.66. The molecule has 0 saturated heterocycles. The molecule has 0 bridgehead atoms. The number of aromatic nitrogens is 2. The molecule has 1 aromatic heterocycles. The van der Waals surface area contributed by atoms with Crippen molar-refractivity contribution in [3.8, 4) is 0 Å². The minimum atomic E-state index is 0.187. The molecule has 0 aromatic carbocycles. The van der Waals surface area contributed by atoms with Gasteiger partial charge in [0.2, 0.25) is 0 Å². The third kappa shape index (κ3) is 4.29. The Hall–Kier alpha value is -1.10. The second kappa shape index (κ2) is 7.36. The fraction of sp³-hybridized carbons (Fsp3) is 0.692. The van der Waals surface area contributed by atoms with Crippen LogP contribution < -0.4 is 10.6 Å². The Balaban J connectivity index is 2.50. The summed E-state index contributed by atoms with van der Waals surface area (Å²) in [5, 5.41) is 11.7. The van der Waals surface area contributed by atoms with Crippen LogP contribution >= 0.6 is 12.2 Å². The van der Waals surface area contributed by atoms with Crippen LogP contribution in [0.3, 0.4) is 0 Å². The highest BCUT2D eigenvalue weighted by Gasteiger charge is 2.12. The first kappa shape index (κ1) is 15.0. The molecule has 1 aromatic rings. The Morgan fingerprint density at radius 3 is 2.78 bits per heavy atom. The third-order valence-corrected chi connectivity index (χ3v) is 3.20. The van der Waals surface area contributed by atoms with E-state index in [1.54, 1.807) is 0 Å². The number of aryl methyl sites for hydroxylation is 2. The van der Waals surface area contributed by atoms with E-state index >= 15 is 0 Å². The summed E-state index contributed by atoms with van der Waals surface area (Å²) in [5.74, 6) is 0. The van der Waals surface area contributed by atoms with E-state index in [-0.39, 0.29) is 6.04 Å². The lowest BCUT2D eigenvalue weighted by Gasteiger charge is -2.16. The van der Waals surface area contributed by atoms with Gasteiger partial charge in [0.05, 0.1) is 11.7 Å². The van der Waals surface area contributed by atoms with Crippen LogP contribution in [0.1, 0.15) is 50.9 Å². The van der Waals surface area contributed by atoms with Crippen molar-refractivity contribution < 1.29 is 0 Å². The number of hydrogen-bond donors (Lipinski definition) is 2. The highest BCUT2D eigenvalue weighted by Crippen LogP contribution is 2.15.